The largest absolute Gasteiger partial charge is 0.396 e. The Labute approximate surface area is 108 Å². The molecule has 2 fully saturated rings. The van der Waals surface area contributed by atoms with Crippen LogP contribution < -0.4 is 0 Å². The van der Waals surface area contributed by atoms with E-state index in [1.807, 2.05) is 6.07 Å². The summed E-state index contributed by atoms with van der Waals surface area (Å²) in [7, 11) is 0. The molecule has 0 aromatic heterocycles. The van der Waals surface area contributed by atoms with Crippen LogP contribution in [0.2, 0.25) is 0 Å². The first-order chi connectivity index (χ1) is 8.82. The number of rotatable bonds is 3. The Kier molecular flexibility index (Phi) is 3.37. The van der Waals surface area contributed by atoms with Gasteiger partial charge >= 0.3 is 0 Å². The van der Waals surface area contributed by atoms with Crippen LogP contribution in [0.5, 0.6) is 0 Å². The van der Waals surface area contributed by atoms with Gasteiger partial charge in [0, 0.05) is 31.7 Å². The molecule has 98 valence electrons. The van der Waals surface area contributed by atoms with Gasteiger partial charge < -0.3 is 9.84 Å². The first kappa shape index (κ1) is 12.2. The number of hydrogen-bond acceptors (Lipinski definition) is 3. The van der Waals surface area contributed by atoms with Crippen molar-refractivity contribution in [1.29, 1.82) is 0 Å². The van der Waals surface area contributed by atoms with Crippen molar-refractivity contribution in [3.05, 3.63) is 35.9 Å². The van der Waals surface area contributed by atoms with Crippen LogP contribution in [0.15, 0.2) is 30.3 Å². The number of nitrogens with zero attached hydrogens (tertiary/aromatic N) is 1. The summed E-state index contributed by atoms with van der Waals surface area (Å²) in [5, 5.41) is 9.73. The van der Waals surface area contributed by atoms with Crippen molar-refractivity contribution in [2.24, 2.45) is 5.41 Å². The lowest BCUT2D eigenvalue weighted by molar-refractivity contribution is -0.0755. The van der Waals surface area contributed by atoms with Crippen molar-refractivity contribution in [3.63, 3.8) is 0 Å². The van der Waals surface area contributed by atoms with Gasteiger partial charge in [0.05, 0.1) is 12.7 Å². The Bertz CT molecular complexity index is 395. The van der Waals surface area contributed by atoms with Gasteiger partial charge in [-0.15, -0.1) is 0 Å². The molecule has 1 N–H and O–H groups in total. The van der Waals surface area contributed by atoms with Crippen LogP contribution in [0.4, 0.5) is 0 Å². The number of likely N-dealkylation sites (tertiary alicyclic amines) is 1. The highest BCUT2D eigenvalue weighted by molar-refractivity contribution is 5.15. The molecule has 2 atom stereocenters. The summed E-state index contributed by atoms with van der Waals surface area (Å²) in [6.45, 7) is 3.98. The highest BCUT2D eigenvalue weighted by atomic mass is 16.5. The molecular weight excluding hydrogens is 226 g/mol. The maximum absolute atomic E-state index is 9.73. The third kappa shape index (κ3) is 2.18. The summed E-state index contributed by atoms with van der Waals surface area (Å²) in [4.78, 5) is 2.42. The number of aliphatic hydroxyl groups excluding tert-OH is 1. The summed E-state index contributed by atoms with van der Waals surface area (Å²) < 4.78 is 5.86. The minimum Gasteiger partial charge on any atom is -0.396 e. The molecule has 0 radical (unpaired) electrons. The molecule has 0 bridgehead atoms. The zero-order valence-corrected chi connectivity index (χ0v) is 10.7. The molecule has 2 saturated heterocycles. The number of benzene rings is 1. The van der Waals surface area contributed by atoms with Crippen molar-refractivity contribution >= 4 is 0 Å². The molecule has 0 unspecified atom stereocenters. The monoisotopic (exact) mass is 247 g/mol. The number of hydrogen-bond donors (Lipinski definition) is 1. The zero-order valence-electron chi connectivity index (χ0n) is 10.7. The standard InChI is InChI=1S/C15H21NO2/c17-12-15-7-4-8-18-14(15)10-16(11-15)9-13-5-2-1-3-6-13/h1-3,5-6,14,17H,4,7-12H2/t14-,15+/m1/s1. The van der Waals surface area contributed by atoms with Crippen LogP contribution >= 0.6 is 0 Å². The molecule has 1 aromatic rings. The maximum atomic E-state index is 9.73. The molecule has 0 saturated carbocycles. The lowest BCUT2D eigenvalue weighted by atomic mass is 9.79. The first-order valence-electron chi connectivity index (χ1n) is 6.81. The van der Waals surface area contributed by atoms with Crippen molar-refractivity contribution in [3.8, 4) is 0 Å². The SMILES string of the molecule is OC[C@@]12CCCO[C@@H]1CN(Cc1ccccc1)C2. The van der Waals surface area contributed by atoms with E-state index >= 15 is 0 Å². The van der Waals surface area contributed by atoms with Crippen LogP contribution in [0.1, 0.15) is 18.4 Å². The second kappa shape index (κ2) is 5.00. The van der Waals surface area contributed by atoms with E-state index in [0.29, 0.717) is 0 Å². The fourth-order valence-corrected chi connectivity index (χ4v) is 3.35. The van der Waals surface area contributed by atoms with Gasteiger partial charge in [-0.25, -0.2) is 0 Å². The van der Waals surface area contributed by atoms with Crippen LogP contribution in [0, 0.1) is 5.41 Å². The fraction of sp³-hybridized carbons (Fsp3) is 0.600. The van der Waals surface area contributed by atoms with E-state index in [9.17, 15) is 5.11 Å². The van der Waals surface area contributed by atoms with Crippen LogP contribution in [0.3, 0.4) is 0 Å². The summed E-state index contributed by atoms with van der Waals surface area (Å²) >= 11 is 0. The quantitative estimate of drug-likeness (QED) is 0.881. The van der Waals surface area contributed by atoms with E-state index < -0.39 is 0 Å². The van der Waals surface area contributed by atoms with Crippen molar-refractivity contribution in [1.82, 2.24) is 4.90 Å². The van der Waals surface area contributed by atoms with Crippen LogP contribution in [-0.2, 0) is 11.3 Å². The fourth-order valence-electron chi connectivity index (χ4n) is 3.35. The first-order valence-corrected chi connectivity index (χ1v) is 6.81. The summed E-state index contributed by atoms with van der Waals surface area (Å²) in [6.07, 6.45) is 2.40. The third-order valence-corrected chi connectivity index (χ3v) is 4.35. The Morgan fingerprint density at radius 1 is 1.33 bits per heavy atom. The molecule has 0 aliphatic carbocycles. The van der Waals surface area contributed by atoms with Crippen LogP contribution in [0.25, 0.3) is 0 Å². The third-order valence-electron chi connectivity index (χ3n) is 4.35. The van der Waals surface area contributed by atoms with Gasteiger partial charge in [0.25, 0.3) is 0 Å². The molecular formula is C15H21NO2. The Balaban J connectivity index is 1.70. The summed E-state index contributed by atoms with van der Waals surface area (Å²) in [6, 6.07) is 10.5. The average Bonchev–Trinajstić information content (AvgIpc) is 2.78. The van der Waals surface area contributed by atoms with Crippen molar-refractivity contribution < 1.29 is 9.84 Å². The summed E-state index contributed by atoms with van der Waals surface area (Å²) in [5.74, 6) is 0. The lowest BCUT2D eigenvalue weighted by Crippen LogP contribution is -2.43. The molecule has 3 heteroatoms. The molecule has 0 spiro atoms. The van der Waals surface area contributed by atoms with Gasteiger partial charge in [-0.3, -0.25) is 4.90 Å². The van der Waals surface area contributed by atoms with Gasteiger partial charge in [0.2, 0.25) is 0 Å². The number of fused-ring (bicyclic) bond motifs is 1. The smallest absolute Gasteiger partial charge is 0.0792 e. The van der Waals surface area contributed by atoms with Crippen molar-refractivity contribution in [2.75, 3.05) is 26.3 Å². The predicted molar refractivity (Wildman–Crippen MR) is 70.2 cm³/mol. The van der Waals surface area contributed by atoms with E-state index in [2.05, 4.69) is 29.2 Å². The maximum Gasteiger partial charge on any atom is 0.0792 e. The van der Waals surface area contributed by atoms with E-state index in [1.54, 1.807) is 0 Å². The predicted octanol–water partition coefficient (Wildman–Crippen LogP) is 1.66. The topological polar surface area (TPSA) is 32.7 Å². The molecule has 18 heavy (non-hydrogen) atoms. The lowest BCUT2D eigenvalue weighted by Gasteiger charge is -2.36. The Morgan fingerprint density at radius 3 is 2.89 bits per heavy atom. The molecule has 2 aliphatic heterocycles. The molecule has 2 aliphatic rings. The number of ether oxygens (including phenoxy) is 1. The van der Waals surface area contributed by atoms with E-state index in [-0.39, 0.29) is 18.1 Å². The Morgan fingerprint density at radius 2 is 2.17 bits per heavy atom. The van der Waals surface area contributed by atoms with Gasteiger partial charge in [-0.1, -0.05) is 30.3 Å². The van der Waals surface area contributed by atoms with Gasteiger partial charge in [-0.2, -0.15) is 0 Å². The Hall–Kier alpha value is -0.900. The van der Waals surface area contributed by atoms with E-state index in [1.165, 1.54) is 5.56 Å². The summed E-state index contributed by atoms with van der Waals surface area (Å²) in [5.41, 5.74) is 1.33. The molecule has 3 nitrogen and oxygen atoms in total. The number of aliphatic hydroxyl groups is 1. The van der Waals surface area contributed by atoms with Gasteiger partial charge in [0.15, 0.2) is 0 Å². The molecule has 2 heterocycles. The molecule has 3 rings (SSSR count). The minimum atomic E-state index is -0.00691. The second-order valence-corrected chi connectivity index (χ2v) is 5.64. The van der Waals surface area contributed by atoms with E-state index in [0.717, 1.165) is 39.1 Å². The van der Waals surface area contributed by atoms with Gasteiger partial charge in [0.1, 0.15) is 0 Å². The second-order valence-electron chi connectivity index (χ2n) is 5.64. The molecule has 1 aromatic carbocycles. The highest BCUT2D eigenvalue weighted by Gasteiger charge is 2.48. The average molecular weight is 247 g/mol. The van der Waals surface area contributed by atoms with Crippen molar-refractivity contribution in [2.45, 2.75) is 25.5 Å². The minimum absolute atomic E-state index is 0.00691. The molecule has 0 amide bonds. The normalized spacial score (nSPS) is 32.4. The van der Waals surface area contributed by atoms with Crippen LogP contribution in [-0.4, -0.2) is 42.4 Å². The van der Waals surface area contributed by atoms with Gasteiger partial charge in [-0.05, 0) is 18.4 Å². The highest BCUT2D eigenvalue weighted by Crippen LogP contribution is 2.40. The zero-order chi connectivity index (χ0) is 12.4. The van der Waals surface area contributed by atoms with E-state index in [4.69, 9.17) is 4.74 Å².